The van der Waals surface area contributed by atoms with E-state index in [9.17, 15) is 19.2 Å². The molecule has 5 atom stereocenters. The van der Waals surface area contributed by atoms with Crippen LogP contribution in [0.4, 0.5) is 0 Å². The molecule has 9 heteroatoms. The second-order valence-electron chi connectivity index (χ2n) is 5.15. The van der Waals surface area contributed by atoms with Crippen LogP contribution in [0.2, 0.25) is 0 Å². The van der Waals surface area contributed by atoms with E-state index in [4.69, 9.17) is 18.9 Å². The number of hydrogen-bond donors (Lipinski definition) is 1. The van der Waals surface area contributed by atoms with Crippen LogP contribution < -0.4 is 5.32 Å². The number of carbonyl (C=O) groups excluding carboxylic acids is 4. The normalized spacial score (nSPS) is 29.5. The first kappa shape index (κ1) is 18.9. The van der Waals surface area contributed by atoms with Crippen LogP contribution in [-0.4, -0.2) is 61.4 Å². The highest BCUT2D eigenvalue weighted by atomic mass is 16.6. The predicted octanol–water partition coefficient (Wildman–Crippen LogP) is -0.685. The van der Waals surface area contributed by atoms with Crippen molar-refractivity contribution in [1.29, 1.82) is 0 Å². The van der Waals surface area contributed by atoms with Crippen LogP contribution >= 0.6 is 0 Å². The van der Waals surface area contributed by atoms with E-state index in [1.165, 1.54) is 34.8 Å². The van der Waals surface area contributed by atoms with Gasteiger partial charge < -0.3 is 24.3 Å². The second kappa shape index (κ2) is 7.91. The molecule has 0 aliphatic heterocycles. The van der Waals surface area contributed by atoms with Crippen LogP contribution in [0.1, 0.15) is 27.7 Å². The molecule has 130 valence electrons. The number of ether oxygens (including phenoxy) is 4. The van der Waals surface area contributed by atoms with Gasteiger partial charge in [-0.05, 0) is 0 Å². The quantitative estimate of drug-likeness (QED) is 0.520. The highest BCUT2D eigenvalue weighted by Crippen LogP contribution is 2.31. The summed E-state index contributed by atoms with van der Waals surface area (Å²) in [6.07, 6.45) is -4.02. The zero-order valence-corrected chi connectivity index (χ0v) is 13.7. The fraction of sp³-hybridized carbons (Fsp3) is 0.714. The molecular weight excluding hydrogens is 310 g/mol. The third-order valence-electron chi connectivity index (χ3n) is 3.23. The Kier molecular flexibility index (Phi) is 6.49. The molecule has 1 aliphatic rings. The van der Waals surface area contributed by atoms with Crippen LogP contribution in [0.3, 0.4) is 0 Å². The van der Waals surface area contributed by atoms with Crippen molar-refractivity contribution in [2.24, 2.45) is 0 Å². The van der Waals surface area contributed by atoms with Crippen LogP contribution in [0.15, 0.2) is 0 Å². The second-order valence-corrected chi connectivity index (χ2v) is 5.15. The lowest BCUT2D eigenvalue weighted by Gasteiger charge is -2.25. The van der Waals surface area contributed by atoms with E-state index in [0.717, 1.165) is 0 Å². The van der Waals surface area contributed by atoms with E-state index < -0.39 is 54.3 Å². The molecule has 1 amide bonds. The van der Waals surface area contributed by atoms with Gasteiger partial charge in [-0.25, -0.2) is 0 Å². The third-order valence-corrected chi connectivity index (χ3v) is 3.23. The van der Waals surface area contributed by atoms with Gasteiger partial charge in [-0.3, -0.25) is 19.2 Å². The van der Waals surface area contributed by atoms with E-state index in [1.54, 1.807) is 0 Å². The first-order valence-corrected chi connectivity index (χ1v) is 6.99. The highest BCUT2D eigenvalue weighted by molar-refractivity contribution is 5.74. The molecule has 1 saturated carbocycles. The van der Waals surface area contributed by atoms with Gasteiger partial charge in [0.05, 0.1) is 6.04 Å². The summed E-state index contributed by atoms with van der Waals surface area (Å²) in [4.78, 5) is 45.5. The summed E-state index contributed by atoms with van der Waals surface area (Å²) in [5.74, 6) is -2.32. The summed E-state index contributed by atoms with van der Waals surface area (Å²) < 4.78 is 20.8. The van der Waals surface area contributed by atoms with E-state index >= 15 is 0 Å². The van der Waals surface area contributed by atoms with Gasteiger partial charge in [0.25, 0.3) is 0 Å². The molecule has 1 aliphatic carbocycles. The highest BCUT2D eigenvalue weighted by Gasteiger charge is 2.57. The van der Waals surface area contributed by atoms with Crippen molar-refractivity contribution in [3.05, 3.63) is 0 Å². The van der Waals surface area contributed by atoms with Crippen molar-refractivity contribution in [3.8, 4) is 0 Å². The van der Waals surface area contributed by atoms with Gasteiger partial charge in [-0.1, -0.05) is 0 Å². The standard InChI is InChI=1S/C14H21NO8/c1-6(16)15-10-11(20-5)13(22-8(3)18)14(23-9(4)19)12(10)21-7(2)17/h10-14H,1-5H3,(H,15,16)/t10-,11-,12-,13+,14-/m1/s1. The summed E-state index contributed by atoms with van der Waals surface area (Å²) in [6, 6.07) is -0.838. The van der Waals surface area contributed by atoms with E-state index in [0.29, 0.717) is 0 Å². The Morgan fingerprint density at radius 2 is 1.09 bits per heavy atom. The topological polar surface area (TPSA) is 117 Å². The Bertz CT molecular complexity index is 449. The van der Waals surface area contributed by atoms with Gasteiger partial charge in [0, 0.05) is 34.8 Å². The molecule has 1 fully saturated rings. The molecule has 0 aromatic heterocycles. The Labute approximate surface area is 133 Å². The minimum Gasteiger partial charge on any atom is -0.456 e. The number of amides is 1. The zero-order valence-electron chi connectivity index (χ0n) is 13.7. The number of esters is 3. The Morgan fingerprint density at radius 1 is 0.696 bits per heavy atom. The Hall–Kier alpha value is -2.16. The first-order valence-electron chi connectivity index (χ1n) is 6.99. The predicted molar refractivity (Wildman–Crippen MR) is 75.1 cm³/mol. The summed E-state index contributed by atoms with van der Waals surface area (Å²) >= 11 is 0. The van der Waals surface area contributed by atoms with Crippen molar-refractivity contribution < 1.29 is 38.1 Å². The van der Waals surface area contributed by atoms with Crippen LogP contribution in [0, 0.1) is 0 Å². The molecule has 1 N–H and O–H groups in total. The lowest BCUT2D eigenvalue weighted by molar-refractivity contribution is -0.177. The maximum Gasteiger partial charge on any atom is 0.303 e. The lowest BCUT2D eigenvalue weighted by Crippen LogP contribution is -2.49. The summed E-state index contributed by atoms with van der Waals surface area (Å²) in [7, 11) is 1.34. The molecule has 0 radical (unpaired) electrons. The van der Waals surface area contributed by atoms with Crippen molar-refractivity contribution in [1.82, 2.24) is 5.32 Å². The van der Waals surface area contributed by atoms with Crippen LogP contribution in [-0.2, 0) is 38.1 Å². The molecule has 0 unspecified atom stereocenters. The van der Waals surface area contributed by atoms with Gasteiger partial charge in [-0.15, -0.1) is 0 Å². The number of nitrogens with one attached hydrogen (secondary N) is 1. The summed E-state index contributed by atoms with van der Waals surface area (Å²) in [6.45, 7) is 4.81. The maximum atomic E-state index is 11.4. The van der Waals surface area contributed by atoms with Crippen molar-refractivity contribution in [3.63, 3.8) is 0 Å². The summed E-state index contributed by atoms with van der Waals surface area (Å²) in [5.41, 5.74) is 0. The van der Waals surface area contributed by atoms with E-state index in [1.807, 2.05) is 0 Å². The fourth-order valence-corrected chi connectivity index (χ4v) is 2.63. The number of rotatable bonds is 5. The average Bonchev–Trinajstić information content (AvgIpc) is 2.62. The van der Waals surface area contributed by atoms with Crippen molar-refractivity contribution in [2.45, 2.75) is 58.2 Å². The zero-order chi connectivity index (χ0) is 17.7. The SMILES string of the molecule is CO[C@@H]1[C@@H](NC(C)=O)[C@@H](OC(C)=O)[C@@H](OC(C)=O)[C@H]1OC(C)=O. The molecule has 1 rings (SSSR count). The van der Waals surface area contributed by atoms with E-state index in [2.05, 4.69) is 5.32 Å². The molecule has 0 saturated heterocycles. The lowest BCUT2D eigenvalue weighted by atomic mass is 10.1. The van der Waals surface area contributed by atoms with Gasteiger partial charge in [0.2, 0.25) is 5.91 Å². The molecule has 0 heterocycles. The monoisotopic (exact) mass is 331 g/mol. The number of methoxy groups -OCH3 is 1. The summed E-state index contributed by atoms with van der Waals surface area (Å²) in [5, 5.41) is 2.58. The molecule has 23 heavy (non-hydrogen) atoms. The average molecular weight is 331 g/mol. The smallest absolute Gasteiger partial charge is 0.303 e. The van der Waals surface area contributed by atoms with Crippen LogP contribution in [0.25, 0.3) is 0 Å². The fourth-order valence-electron chi connectivity index (χ4n) is 2.63. The minimum atomic E-state index is -1.10. The van der Waals surface area contributed by atoms with Crippen molar-refractivity contribution >= 4 is 23.8 Å². The first-order chi connectivity index (χ1) is 10.7. The maximum absolute atomic E-state index is 11.4. The molecular formula is C14H21NO8. The van der Waals surface area contributed by atoms with Gasteiger partial charge in [-0.2, -0.15) is 0 Å². The van der Waals surface area contributed by atoms with Crippen molar-refractivity contribution in [2.75, 3.05) is 7.11 Å². The molecule has 0 spiro atoms. The molecule has 9 nitrogen and oxygen atoms in total. The molecule has 0 bridgehead atoms. The van der Waals surface area contributed by atoms with Gasteiger partial charge in [0.1, 0.15) is 6.10 Å². The number of hydrogen-bond acceptors (Lipinski definition) is 8. The Morgan fingerprint density at radius 3 is 1.43 bits per heavy atom. The largest absolute Gasteiger partial charge is 0.456 e. The molecule has 0 aromatic carbocycles. The van der Waals surface area contributed by atoms with Gasteiger partial charge in [0.15, 0.2) is 18.3 Å². The minimum absolute atomic E-state index is 0.403. The number of carbonyl (C=O) groups is 4. The molecule has 0 aromatic rings. The Balaban J connectivity index is 3.23. The van der Waals surface area contributed by atoms with Crippen LogP contribution in [0.5, 0.6) is 0 Å². The third kappa shape index (κ3) is 4.92. The van der Waals surface area contributed by atoms with Gasteiger partial charge >= 0.3 is 17.9 Å². The van der Waals surface area contributed by atoms with E-state index in [-0.39, 0.29) is 0 Å².